The summed E-state index contributed by atoms with van der Waals surface area (Å²) in [5, 5.41) is 2.75. The third-order valence-electron chi connectivity index (χ3n) is 3.85. The predicted octanol–water partition coefficient (Wildman–Crippen LogP) is 2.70. The number of benzene rings is 2. The number of carbonyl (C=O) groups is 2. The number of esters is 1. The van der Waals surface area contributed by atoms with Crippen LogP contribution in [0.15, 0.2) is 83.8 Å². The van der Waals surface area contributed by atoms with Crippen LogP contribution in [0.4, 0.5) is 5.69 Å². The molecule has 0 spiro atoms. The average Bonchev–Trinajstić information content (AvgIpc) is 2.69. The van der Waals surface area contributed by atoms with Crippen molar-refractivity contribution in [3.63, 3.8) is 0 Å². The Balaban J connectivity index is 1.60. The highest BCUT2D eigenvalue weighted by Gasteiger charge is 2.11. The lowest BCUT2D eigenvalue weighted by Gasteiger charge is -2.12. The summed E-state index contributed by atoms with van der Waals surface area (Å²) < 4.78 is 6.18. The molecular weight excluding hydrogens is 344 g/mol. The fourth-order valence-electron chi connectivity index (χ4n) is 2.57. The molecule has 1 aromatic heterocycles. The zero-order valence-electron chi connectivity index (χ0n) is 14.5. The number of rotatable bonds is 6. The number of amides is 1. The molecule has 1 heterocycles. The highest BCUT2D eigenvalue weighted by atomic mass is 16.5. The largest absolute Gasteiger partial charge is 0.454 e. The maximum absolute atomic E-state index is 12.2. The lowest BCUT2D eigenvalue weighted by molar-refractivity contribution is -0.147. The first-order chi connectivity index (χ1) is 13.1. The molecular formula is C21H18N2O4. The van der Waals surface area contributed by atoms with Gasteiger partial charge in [-0.25, -0.2) is 0 Å². The van der Waals surface area contributed by atoms with Crippen LogP contribution in [0.2, 0.25) is 0 Å². The summed E-state index contributed by atoms with van der Waals surface area (Å²) in [5.41, 5.74) is 2.15. The summed E-state index contributed by atoms with van der Waals surface area (Å²) >= 11 is 0. The van der Waals surface area contributed by atoms with E-state index in [1.54, 1.807) is 18.2 Å². The molecule has 0 unspecified atom stereocenters. The van der Waals surface area contributed by atoms with Gasteiger partial charge in [-0.1, -0.05) is 54.6 Å². The second-order valence-corrected chi connectivity index (χ2v) is 5.79. The van der Waals surface area contributed by atoms with Gasteiger partial charge in [-0.05, 0) is 17.7 Å². The SMILES string of the molecule is O=C(COC(=O)Cn1ccccc1=O)Nc1ccccc1-c1ccccc1. The van der Waals surface area contributed by atoms with Crippen LogP contribution in [0, 0.1) is 0 Å². The molecule has 0 radical (unpaired) electrons. The molecule has 0 aliphatic heterocycles. The molecule has 0 atom stereocenters. The number of nitrogens with one attached hydrogen (secondary N) is 1. The van der Waals surface area contributed by atoms with Crippen molar-refractivity contribution in [3.8, 4) is 11.1 Å². The van der Waals surface area contributed by atoms with Gasteiger partial charge in [0.1, 0.15) is 6.54 Å². The molecule has 6 nitrogen and oxygen atoms in total. The molecule has 136 valence electrons. The first kappa shape index (κ1) is 18.1. The van der Waals surface area contributed by atoms with Gasteiger partial charge >= 0.3 is 5.97 Å². The molecule has 0 fully saturated rings. The highest BCUT2D eigenvalue weighted by molar-refractivity contribution is 5.96. The Morgan fingerprint density at radius 3 is 2.37 bits per heavy atom. The first-order valence-corrected chi connectivity index (χ1v) is 8.39. The molecule has 0 saturated carbocycles. The zero-order chi connectivity index (χ0) is 19.1. The molecule has 0 aliphatic carbocycles. The fraction of sp³-hybridized carbons (Fsp3) is 0.0952. The van der Waals surface area contributed by atoms with Crippen LogP contribution in [0.3, 0.4) is 0 Å². The Labute approximate surface area is 156 Å². The van der Waals surface area contributed by atoms with Crippen LogP contribution in [0.5, 0.6) is 0 Å². The standard InChI is InChI=1S/C21H18N2O4/c24-19(15-27-21(26)14-23-13-7-6-12-20(23)25)22-18-11-5-4-10-17(18)16-8-2-1-3-9-16/h1-13H,14-15H2,(H,22,24). The summed E-state index contributed by atoms with van der Waals surface area (Å²) in [5.74, 6) is -1.11. The highest BCUT2D eigenvalue weighted by Crippen LogP contribution is 2.27. The van der Waals surface area contributed by atoms with E-state index in [1.165, 1.54) is 16.8 Å². The number of pyridine rings is 1. The second kappa shape index (κ2) is 8.62. The molecule has 6 heteroatoms. The minimum absolute atomic E-state index is 0.243. The van der Waals surface area contributed by atoms with Crippen molar-refractivity contribution >= 4 is 17.6 Å². The van der Waals surface area contributed by atoms with Gasteiger partial charge in [0.25, 0.3) is 11.5 Å². The van der Waals surface area contributed by atoms with Gasteiger partial charge in [-0.3, -0.25) is 14.4 Å². The van der Waals surface area contributed by atoms with Crippen LogP contribution < -0.4 is 10.9 Å². The number of nitrogens with zero attached hydrogens (tertiary/aromatic N) is 1. The Bertz CT molecular complexity index is 996. The van der Waals surface area contributed by atoms with Crippen molar-refractivity contribution in [1.29, 1.82) is 0 Å². The Morgan fingerprint density at radius 2 is 1.59 bits per heavy atom. The van der Waals surface area contributed by atoms with Gasteiger partial charge in [-0.2, -0.15) is 0 Å². The van der Waals surface area contributed by atoms with Crippen molar-refractivity contribution < 1.29 is 14.3 Å². The molecule has 1 amide bonds. The van der Waals surface area contributed by atoms with Gasteiger partial charge in [0.15, 0.2) is 6.61 Å². The van der Waals surface area contributed by atoms with Gasteiger partial charge < -0.3 is 14.6 Å². The second-order valence-electron chi connectivity index (χ2n) is 5.79. The molecule has 0 bridgehead atoms. The topological polar surface area (TPSA) is 77.4 Å². The fourth-order valence-corrected chi connectivity index (χ4v) is 2.57. The van der Waals surface area contributed by atoms with E-state index in [9.17, 15) is 14.4 Å². The lowest BCUT2D eigenvalue weighted by Crippen LogP contribution is -2.27. The van der Waals surface area contributed by atoms with E-state index in [1.807, 2.05) is 48.5 Å². The maximum atomic E-state index is 12.2. The van der Waals surface area contributed by atoms with E-state index in [0.717, 1.165) is 11.1 Å². The Hall–Kier alpha value is -3.67. The molecule has 27 heavy (non-hydrogen) atoms. The van der Waals surface area contributed by atoms with Crippen LogP contribution in [-0.4, -0.2) is 23.1 Å². The van der Waals surface area contributed by atoms with Crippen LogP contribution >= 0.6 is 0 Å². The quantitative estimate of drug-likeness (QED) is 0.684. The third kappa shape index (κ3) is 4.92. The van der Waals surface area contributed by atoms with E-state index in [2.05, 4.69) is 5.32 Å². The van der Waals surface area contributed by atoms with Gasteiger partial charge in [-0.15, -0.1) is 0 Å². The average molecular weight is 362 g/mol. The predicted molar refractivity (Wildman–Crippen MR) is 102 cm³/mol. The van der Waals surface area contributed by atoms with Crippen LogP contribution in [0.25, 0.3) is 11.1 Å². The number of anilines is 1. The summed E-state index contributed by atoms with van der Waals surface area (Å²) in [6, 6.07) is 21.6. The number of aromatic nitrogens is 1. The minimum Gasteiger partial charge on any atom is -0.454 e. The first-order valence-electron chi connectivity index (χ1n) is 8.39. The smallest absolute Gasteiger partial charge is 0.326 e. The van der Waals surface area contributed by atoms with Crippen molar-refractivity contribution in [2.45, 2.75) is 6.54 Å². The molecule has 0 saturated heterocycles. The summed E-state index contributed by atoms with van der Waals surface area (Å²) in [4.78, 5) is 35.6. The van der Waals surface area contributed by atoms with Gasteiger partial charge in [0.2, 0.25) is 0 Å². The Morgan fingerprint density at radius 1 is 0.889 bits per heavy atom. The van der Waals surface area contributed by atoms with Gasteiger partial charge in [0, 0.05) is 23.5 Å². The van der Waals surface area contributed by atoms with Gasteiger partial charge in [0.05, 0.1) is 0 Å². The van der Waals surface area contributed by atoms with E-state index in [4.69, 9.17) is 4.74 Å². The normalized spacial score (nSPS) is 10.2. The zero-order valence-corrected chi connectivity index (χ0v) is 14.5. The minimum atomic E-state index is -0.658. The number of hydrogen-bond acceptors (Lipinski definition) is 4. The van der Waals surface area contributed by atoms with Crippen LogP contribution in [0.1, 0.15) is 0 Å². The third-order valence-corrected chi connectivity index (χ3v) is 3.85. The van der Waals surface area contributed by atoms with E-state index < -0.39 is 18.5 Å². The number of para-hydroxylation sites is 1. The Kier molecular flexibility index (Phi) is 5.79. The maximum Gasteiger partial charge on any atom is 0.326 e. The molecule has 0 aliphatic rings. The van der Waals surface area contributed by atoms with Crippen molar-refractivity contribution in [3.05, 3.63) is 89.3 Å². The monoisotopic (exact) mass is 362 g/mol. The van der Waals surface area contributed by atoms with Crippen molar-refractivity contribution in [2.75, 3.05) is 11.9 Å². The summed E-state index contributed by atoms with van der Waals surface area (Å²) in [6.07, 6.45) is 1.49. The number of carbonyl (C=O) groups excluding carboxylic acids is 2. The molecule has 3 aromatic rings. The van der Waals surface area contributed by atoms with E-state index in [-0.39, 0.29) is 12.1 Å². The summed E-state index contributed by atoms with van der Waals surface area (Å²) in [7, 11) is 0. The van der Waals surface area contributed by atoms with Crippen LogP contribution in [-0.2, 0) is 20.9 Å². The number of ether oxygens (including phenoxy) is 1. The summed E-state index contributed by atoms with van der Waals surface area (Å²) in [6.45, 7) is -0.670. The molecule has 3 rings (SSSR count). The molecule has 1 N–H and O–H groups in total. The van der Waals surface area contributed by atoms with Crippen molar-refractivity contribution in [1.82, 2.24) is 4.57 Å². The van der Waals surface area contributed by atoms with Crippen molar-refractivity contribution in [2.24, 2.45) is 0 Å². The lowest BCUT2D eigenvalue weighted by atomic mass is 10.0. The van der Waals surface area contributed by atoms with E-state index >= 15 is 0 Å². The molecule has 2 aromatic carbocycles. The number of hydrogen-bond donors (Lipinski definition) is 1. The van der Waals surface area contributed by atoms with E-state index in [0.29, 0.717) is 5.69 Å².